The third kappa shape index (κ3) is 5.51. The largest absolute Gasteiger partial charge is 0.492 e. The van der Waals surface area contributed by atoms with Crippen molar-refractivity contribution < 1.29 is 28.6 Å². The molecule has 9 heteroatoms. The summed E-state index contributed by atoms with van der Waals surface area (Å²) in [6, 6.07) is 12.6. The number of halogens is 2. The van der Waals surface area contributed by atoms with Crippen molar-refractivity contribution in [3.8, 4) is 5.75 Å². The second kappa shape index (κ2) is 10.7. The Morgan fingerprint density at radius 3 is 2.24 bits per heavy atom. The van der Waals surface area contributed by atoms with E-state index in [1.54, 1.807) is 36.4 Å². The number of carbonyl (C=O) groups is 2. The van der Waals surface area contributed by atoms with Crippen LogP contribution in [0.15, 0.2) is 48.5 Å². The van der Waals surface area contributed by atoms with Gasteiger partial charge in [-0.2, -0.15) is 0 Å². The molecule has 0 atom stereocenters. The summed E-state index contributed by atoms with van der Waals surface area (Å²) in [6.07, 6.45) is 2.77. The number of hydrogen-bond acceptors (Lipinski definition) is 5. The number of nitrogens with zero attached hydrogens (tertiary/aromatic N) is 1. The van der Waals surface area contributed by atoms with Crippen LogP contribution in [0.5, 0.6) is 5.75 Å². The number of carbonyl (C=O) groups excluding carboxylic acids is 1. The molecule has 1 heterocycles. The molecule has 0 spiro atoms. The highest BCUT2D eigenvalue weighted by Gasteiger charge is 2.51. The van der Waals surface area contributed by atoms with Crippen LogP contribution < -0.4 is 10.1 Å². The topological polar surface area (TPSA) is 88.1 Å². The summed E-state index contributed by atoms with van der Waals surface area (Å²) in [7, 11) is 1.92. The normalized spacial score (nSPS) is 18.0. The smallest absolute Gasteiger partial charge is 0.335 e. The number of carboxylic acids is 1. The predicted molar refractivity (Wildman–Crippen MR) is 127 cm³/mol. The minimum atomic E-state index is -0.971. The molecular weight excluding hydrogens is 463 g/mol. The molecule has 1 saturated heterocycles. The van der Waals surface area contributed by atoms with Gasteiger partial charge in [-0.3, -0.25) is 9.69 Å². The van der Waals surface area contributed by atoms with Gasteiger partial charge in [0.15, 0.2) is 0 Å². The molecule has 1 aliphatic heterocycles. The highest BCUT2D eigenvalue weighted by atomic mass is 35.5. The fourth-order valence-electron chi connectivity index (χ4n) is 4.41. The lowest BCUT2D eigenvalue weighted by molar-refractivity contribution is -0.140. The Bertz CT molecular complexity index is 989. The van der Waals surface area contributed by atoms with Gasteiger partial charge in [-0.05, 0) is 74.7 Å². The summed E-state index contributed by atoms with van der Waals surface area (Å²) in [6.45, 7) is 1.87. The molecule has 0 bridgehead atoms. The van der Waals surface area contributed by atoms with Gasteiger partial charge in [0.25, 0.3) is 0 Å². The first kappa shape index (κ1) is 25.9. The molecule has 1 aliphatic carbocycles. The van der Waals surface area contributed by atoms with Crippen molar-refractivity contribution in [2.24, 2.45) is 0 Å². The van der Waals surface area contributed by atoms with Crippen molar-refractivity contribution in [1.82, 2.24) is 10.2 Å². The zero-order chi connectivity index (χ0) is 23.5. The predicted octanol–water partition coefficient (Wildman–Crippen LogP) is 3.61. The van der Waals surface area contributed by atoms with Gasteiger partial charge in [0.05, 0.1) is 11.1 Å². The number of aromatic carboxylic acids is 1. The molecule has 4 rings (SSSR count). The van der Waals surface area contributed by atoms with Crippen molar-refractivity contribution in [1.29, 1.82) is 0 Å². The summed E-state index contributed by atoms with van der Waals surface area (Å²) < 4.78 is 24.4. The Morgan fingerprint density at radius 2 is 1.68 bits per heavy atom. The summed E-state index contributed by atoms with van der Waals surface area (Å²) >= 11 is 0. The third-order valence-electron chi connectivity index (χ3n) is 6.77. The molecule has 2 N–H and O–H groups in total. The van der Waals surface area contributed by atoms with Crippen LogP contribution in [0.2, 0.25) is 0 Å². The van der Waals surface area contributed by atoms with Crippen molar-refractivity contribution in [2.45, 2.75) is 36.8 Å². The van der Waals surface area contributed by atoms with Gasteiger partial charge in [0, 0.05) is 19.8 Å². The fraction of sp³-hybridized carbons (Fsp3) is 0.440. The molecule has 1 amide bonds. The number of rotatable bonds is 9. The fourth-order valence-corrected chi connectivity index (χ4v) is 4.41. The lowest BCUT2D eigenvalue weighted by Gasteiger charge is -2.43. The number of nitrogens with one attached hydrogen (secondary N) is 1. The minimum Gasteiger partial charge on any atom is -0.492 e. The number of hydrogen-bond donors (Lipinski definition) is 2. The number of benzene rings is 2. The van der Waals surface area contributed by atoms with E-state index in [1.165, 1.54) is 12.1 Å². The van der Waals surface area contributed by atoms with Crippen molar-refractivity contribution in [3.05, 3.63) is 65.5 Å². The van der Waals surface area contributed by atoms with Crippen LogP contribution in [0.1, 0.15) is 41.6 Å². The van der Waals surface area contributed by atoms with Crippen LogP contribution in [-0.4, -0.2) is 60.8 Å². The van der Waals surface area contributed by atoms with Gasteiger partial charge >= 0.3 is 5.97 Å². The van der Waals surface area contributed by atoms with Crippen LogP contribution in [0, 0.1) is 5.82 Å². The van der Waals surface area contributed by atoms with E-state index in [1.807, 2.05) is 11.9 Å². The Morgan fingerprint density at radius 1 is 1.06 bits per heavy atom. The maximum Gasteiger partial charge on any atom is 0.335 e. The molecule has 7 nitrogen and oxygen atoms in total. The molecule has 2 fully saturated rings. The average molecular weight is 493 g/mol. The molecule has 2 aliphatic rings. The van der Waals surface area contributed by atoms with E-state index in [2.05, 4.69) is 5.32 Å². The van der Waals surface area contributed by atoms with Gasteiger partial charge in [-0.15, -0.1) is 12.4 Å². The van der Waals surface area contributed by atoms with E-state index in [0.717, 1.165) is 18.4 Å². The molecule has 184 valence electrons. The van der Waals surface area contributed by atoms with Crippen molar-refractivity contribution in [2.75, 3.05) is 33.4 Å². The van der Waals surface area contributed by atoms with Gasteiger partial charge in [0.2, 0.25) is 5.91 Å². The molecule has 0 radical (unpaired) electrons. The van der Waals surface area contributed by atoms with E-state index in [9.17, 15) is 14.0 Å². The first-order valence-corrected chi connectivity index (χ1v) is 11.2. The van der Waals surface area contributed by atoms with Crippen LogP contribution >= 0.6 is 12.4 Å². The van der Waals surface area contributed by atoms with E-state index in [-0.39, 0.29) is 29.7 Å². The van der Waals surface area contributed by atoms with Crippen LogP contribution in [0.25, 0.3) is 0 Å². The number of likely N-dealkylation sites (N-methyl/N-ethyl adjacent to an activating group) is 1. The second-order valence-electron chi connectivity index (χ2n) is 8.79. The highest BCUT2D eigenvalue weighted by molar-refractivity contribution is 5.88. The van der Waals surface area contributed by atoms with Gasteiger partial charge in [-0.25, -0.2) is 9.18 Å². The van der Waals surface area contributed by atoms with Gasteiger partial charge < -0.3 is 19.9 Å². The summed E-state index contributed by atoms with van der Waals surface area (Å²) in [4.78, 5) is 26.8. The maximum absolute atomic E-state index is 13.7. The Hall–Kier alpha value is -2.68. The molecule has 2 aromatic rings. The number of ether oxygens (including phenoxy) is 2. The van der Waals surface area contributed by atoms with Crippen molar-refractivity contribution >= 4 is 24.3 Å². The Labute approximate surface area is 204 Å². The van der Waals surface area contributed by atoms with E-state index in [4.69, 9.17) is 14.6 Å². The van der Waals surface area contributed by atoms with Crippen LogP contribution in [-0.2, 0) is 15.1 Å². The number of carboxylic acid groups (broad SMARTS) is 1. The standard InChI is InChI=1S/C25H29FN2O5.ClH/c1-28(14-17-33-21-8-6-20(26)7-9-21)25(12-15-32-16-13-25)23(31)27-24(10-11-24)19-4-2-18(3-5-19)22(29)30;/h2-9H,10-17H2,1H3,(H,27,31)(H,29,30);1H. The van der Waals surface area contributed by atoms with E-state index in [0.29, 0.717) is 45.0 Å². The lowest BCUT2D eigenvalue weighted by Crippen LogP contribution is -2.62. The SMILES string of the molecule is CN(CCOc1ccc(F)cc1)C1(C(=O)NC2(c3ccc(C(=O)O)cc3)CC2)CCOCC1.Cl. The summed E-state index contributed by atoms with van der Waals surface area (Å²) in [5, 5.41) is 12.4. The van der Waals surface area contributed by atoms with E-state index >= 15 is 0 Å². The molecule has 1 saturated carbocycles. The quantitative estimate of drug-likeness (QED) is 0.556. The summed E-state index contributed by atoms with van der Waals surface area (Å²) in [5.41, 5.74) is -0.0284. The maximum atomic E-state index is 13.7. The highest BCUT2D eigenvalue weighted by Crippen LogP contribution is 2.46. The molecule has 34 heavy (non-hydrogen) atoms. The van der Waals surface area contributed by atoms with Gasteiger partial charge in [0.1, 0.15) is 23.7 Å². The van der Waals surface area contributed by atoms with E-state index < -0.39 is 17.0 Å². The summed E-state index contributed by atoms with van der Waals surface area (Å²) in [5.74, 6) is -0.753. The third-order valence-corrected chi connectivity index (χ3v) is 6.77. The van der Waals surface area contributed by atoms with Crippen LogP contribution in [0.4, 0.5) is 4.39 Å². The Kier molecular flexibility index (Phi) is 8.17. The zero-order valence-corrected chi connectivity index (χ0v) is 19.9. The monoisotopic (exact) mass is 492 g/mol. The zero-order valence-electron chi connectivity index (χ0n) is 19.1. The first-order chi connectivity index (χ1) is 15.8. The first-order valence-electron chi connectivity index (χ1n) is 11.2. The minimum absolute atomic E-state index is 0. The molecule has 0 aromatic heterocycles. The lowest BCUT2D eigenvalue weighted by atomic mass is 9.86. The number of amides is 1. The molecule has 0 unspecified atom stereocenters. The molecule has 2 aromatic carbocycles. The molecular formula is C25H30ClFN2O5. The Balaban J connectivity index is 0.00000324. The van der Waals surface area contributed by atoms with Crippen LogP contribution in [0.3, 0.4) is 0 Å². The second-order valence-corrected chi connectivity index (χ2v) is 8.79. The van der Waals surface area contributed by atoms with Gasteiger partial charge in [-0.1, -0.05) is 12.1 Å². The average Bonchev–Trinajstić information content (AvgIpc) is 3.61. The van der Waals surface area contributed by atoms with Crippen molar-refractivity contribution in [3.63, 3.8) is 0 Å².